The van der Waals surface area contributed by atoms with Crippen LogP contribution in [0.4, 0.5) is 0 Å². The maximum Gasteiger partial charge on any atom is 0.120 e. The second-order valence-electron chi connectivity index (χ2n) is 4.69. The Morgan fingerprint density at radius 1 is 1.59 bits per heavy atom. The molecule has 2 heteroatoms. The van der Waals surface area contributed by atoms with E-state index in [1.165, 1.54) is 24.8 Å². The fraction of sp³-hybridized carbons (Fsp3) is 0.667. The van der Waals surface area contributed by atoms with Crippen LogP contribution in [0.2, 0.25) is 0 Å². The molecule has 1 rings (SSSR count). The predicted octanol–water partition coefficient (Wildman–Crippen LogP) is 4.06. The van der Waals surface area contributed by atoms with Crippen LogP contribution in [0.15, 0.2) is 24.3 Å². The second kappa shape index (κ2) is 10.3. The molecule has 0 aromatic carbocycles. The molecule has 0 spiro atoms. The number of unbranched alkanes of at least 4 members (excludes halogenated alkanes) is 1. The maximum absolute atomic E-state index is 9.97. The molecule has 17 heavy (non-hydrogen) atoms. The Labute approximate surface area is 106 Å². The summed E-state index contributed by atoms with van der Waals surface area (Å²) in [7, 11) is 0. The Hall–Kier alpha value is -0.890. The van der Waals surface area contributed by atoms with Crippen LogP contribution >= 0.6 is 0 Å². The van der Waals surface area contributed by atoms with Crippen molar-refractivity contribution < 1.29 is 9.53 Å². The number of allylic oxidation sites excluding steroid dienone is 1. The van der Waals surface area contributed by atoms with Crippen LogP contribution in [0.1, 0.15) is 52.4 Å². The molecule has 0 aliphatic carbocycles. The zero-order valence-corrected chi connectivity index (χ0v) is 11.3. The zero-order chi connectivity index (χ0) is 13.1. The van der Waals surface area contributed by atoms with Gasteiger partial charge in [0.1, 0.15) is 6.29 Å². The summed E-state index contributed by atoms with van der Waals surface area (Å²) in [6.45, 7) is 12.6. The molecule has 1 fully saturated rings. The lowest BCUT2D eigenvalue weighted by atomic mass is 10.1. The van der Waals surface area contributed by atoms with E-state index < -0.39 is 0 Å². The molecule has 1 aliphatic rings. The van der Waals surface area contributed by atoms with Gasteiger partial charge in [0.15, 0.2) is 0 Å². The first-order valence-corrected chi connectivity index (χ1v) is 6.46. The lowest BCUT2D eigenvalue weighted by Gasteiger charge is -2.03. The molecule has 1 aliphatic heterocycles. The van der Waals surface area contributed by atoms with E-state index in [0.29, 0.717) is 13.0 Å². The van der Waals surface area contributed by atoms with Crippen molar-refractivity contribution in [3.63, 3.8) is 0 Å². The van der Waals surface area contributed by atoms with E-state index in [0.717, 1.165) is 24.7 Å². The summed E-state index contributed by atoms with van der Waals surface area (Å²) in [4.78, 5) is 9.97. The van der Waals surface area contributed by atoms with E-state index in [1.807, 2.05) is 0 Å². The van der Waals surface area contributed by atoms with Gasteiger partial charge in [-0.25, -0.2) is 0 Å². The number of carbonyl (C=O) groups is 1. The molecule has 2 nitrogen and oxygen atoms in total. The Kier molecular flexibility index (Phi) is 9.74. The molecule has 98 valence electrons. The minimum absolute atomic E-state index is 0.262. The number of ether oxygens (including phenoxy) is 1. The fourth-order valence-corrected chi connectivity index (χ4v) is 1.59. The molecule has 0 aromatic heterocycles. The molecule has 0 aromatic rings. The fourth-order valence-electron chi connectivity index (χ4n) is 1.59. The number of hydrogen-bond acceptors (Lipinski definition) is 2. The third-order valence-corrected chi connectivity index (χ3v) is 2.60. The molecule has 0 N–H and O–H groups in total. The topological polar surface area (TPSA) is 26.3 Å². The third kappa shape index (κ3) is 10.0. The molecule has 1 atom stereocenters. The molecule has 0 saturated carbocycles. The number of hydrogen-bond donors (Lipinski definition) is 0. The molecule has 1 unspecified atom stereocenters. The van der Waals surface area contributed by atoms with Gasteiger partial charge in [0.05, 0.1) is 12.7 Å². The summed E-state index contributed by atoms with van der Waals surface area (Å²) in [6, 6.07) is 0. The van der Waals surface area contributed by atoms with Gasteiger partial charge in [-0.15, -0.1) is 6.58 Å². The van der Waals surface area contributed by atoms with Gasteiger partial charge in [-0.1, -0.05) is 25.5 Å². The van der Waals surface area contributed by atoms with Gasteiger partial charge >= 0.3 is 0 Å². The second-order valence-corrected chi connectivity index (χ2v) is 4.69. The quantitative estimate of drug-likeness (QED) is 0.515. The average Bonchev–Trinajstić information content (AvgIpc) is 2.70. The van der Waals surface area contributed by atoms with Crippen molar-refractivity contribution in [1.82, 2.24) is 0 Å². The largest absolute Gasteiger partial charge is 0.374 e. The van der Waals surface area contributed by atoms with Gasteiger partial charge in [0, 0.05) is 6.42 Å². The highest BCUT2D eigenvalue weighted by atomic mass is 16.5. The Bertz CT molecular complexity index is 243. The average molecular weight is 238 g/mol. The Morgan fingerprint density at radius 2 is 2.29 bits per heavy atom. The van der Waals surface area contributed by atoms with Crippen LogP contribution in [0.3, 0.4) is 0 Å². The van der Waals surface area contributed by atoms with Crippen molar-refractivity contribution in [1.29, 1.82) is 0 Å². The highest BCUT2D eigenvalue weighted by molar-refractivity contribution is 5.49. The Morgan fingerprint density at radius 3 is 2.65 bits per heavy atom. The zero-order valence-electron chi connectivity index (χ0n) is 11.3. The van der Waals surface area contributed by atoms with E-state index in [4.69, 9.17) is 4.74 Å². The van der Waals surface area contributed by atoms with Crippen molar-refractivity contribution in [3.05, 3.63) is 24.3 Å². The summed E-state index contributed by atoms with van der Waals surface area (Å²) in [5.74, 6) is 0. The lowest BCUT2D eigenvalue weighted by molar-refractivity contribution is -0.108. The lowest BCUT2D eigenvalue weighted by Crippen LogP contribution is -2.03. The van der Waals surface area contributed by atoms with Crippen LogP contribution in [0.5, 0.6) is 0 Å². The van der Waals surface area contributed by atoms with Gasteiger partial charge in [0.2, 0.25) is 0 Å². The van der Waals surface area contributed by atoms with Gasteiger partial charge in [-0.2, -0.15) is 0 Å². The first-order chi connectivity index (χ1) is 8.10. The Balaban J connectivity index is 0.000000325. The van der Waals surface area contributed by atoms with E-state index in [1.54, 1.807) is 0 Å². The molecule has 1 saturated heterocycles. The predicted molar refractivity (Wildman–Crippen MR) is 73.1 cm³/mol. The van der Waals surface area contributed by atoms with Crippen molar-refractivity contribution in [2.45, 2.75) is 58.5 Å². The monoisotopic (exact) mass is 238 g/mol. The van der Waals surface area contributed by atoms with E-state index in [9.17, 15) is 4.79 Å². The maximum atomic E-state index is 9.97. The summed E-state index contributed by atoms with van der Waals surface area (Å²) < 4.78 is 5.31. The number of aldehydes is 1. The molecule has 0 radical (unpaired) electrons. The van der Waals surface area contributed by atoms with Gasteiger partial charge < -0.3 is 9.53 Å². The van der Waals surface area contributed by atoms with Crippen LogP contribution in [-0.4, -0.2) is 19.0 Å². The number of carbonyl (C=O) groups excluding carboxylic acids is 1. The minimum Gasteiger partial charge on any atom is -0.374 e. The van der Waals surface area contributed by atoms with E-state index in [2.05, 4.69) is 27.0 Å². The van der Waals surface area contributed by atoms with Crippen LogP contribution in [-0.2, 0) is 9.53 Å². The molecular weight excluding hydrogens is 212 g/mol. The summed E-state index contributed by atoms with van der Waals surface area (Å²) in [5, 5.41) is 0. The summed E-state index contributed by atoms with van der Waals surface area (Å²) in [6.07, 6.45) is 7.38. The summed E-state index contributed by atoms with van der Waals surface area (Å²) in [5.41, 5.74) is 2.46. The van der Waals surface area contributed by atoms with Crippen LogP contribution < -0.4 is 0 Å². The minimum atomic E-state index is 0.262. The van der Waals surface area contributed by atoms with Crippen LogP contribution in [0, 0.1) is 0 Å². The first-order valence-electron chi connectivity index (χ1n) is 6.46. The smallest absolute Gasteiger partial charge is 0.120 e. The van der Waals surface area contributed by atoms with Crippen molar-refractivity contribution in [2.24, 2.45) is 0 Å². The van der Waals surface area contributed by atoms with Crippen molar-refractivity contribution in [2.75, 3.05) is 6.61 Å². The SMILES string of the molecule is C=C(C)CCCC.C=C1COC(CCC=O)C1. The standard InChI is InChI=1S/C8H12O2.C7H14/c1-7-5-8(10-6-7)3-2-4-9;1-4-5-6-7(2)3/h4,8H,1-3,5-6H2;2,4-6H2,1,3H3. The van der Waals surface area contributed by atoms with E-state index >= 15 is 0 Å². The molecule has 0 bridgehead atoms. The number of rotatable bonds is 6. The third-order valence-electron chi connectivity index (χ3n) is 2.60. The van der Waals surface area contributed by atoms with E-state index in [-0.39, 0.29) is 6.10 Å². The first kappa shape index (κ1) is 16.1. The van der Waals surface area contributed by atoms with Gasteiger partial charge in [-0.3, -0.25) is 0 Å². The van der Waals surface area contributed by atoms with Gasteiger partial charge in [-0.05, 0) is 38.2 Å². The molecular formula is C15H26O2. The van der Waals surface area contributed by atoms with Crippen molar-refractivity contribution >= 4 is 6.29 Å². The molecule has 0 amide bonds. The highest BCUT2D eigenvalue weighted by Crippen LogP contribution is 2.19. The highest BCUT2D eigenvalue weighted by Gasteiger charge is 2.17. The van der Waals surface area contributed by atoms with Crippen molar-refractivity contribution in [3.8, 4) is 0 Å². The van der Waals surface area contributed by atoms with Crippen LogP contribution in [0.25, 0.3) is 0 Å². The normalized spacial score (nSPS) is 18.5. The summed E-state index contributed by atoms with van der Waals surface area (Å²) >= 11 is 0. The van der Waals surface area contributed by atoms with Gasteiger partial charge in [0.25, 0.3) is 0 Å². The molecule has 1 heterocycles.